The van der Waals surface area contributed by atoms with E-state index in [1.54, 1.807) is 6.07 Å². The summed E-state index contributed by atoms with van der Waals surface area (Å²) in [4.78, 5) is 21.4. The van der Waals surface area contributed by atoms with Crippen molar-refractivity contribution in [2.75, 3.05) is 10.6 Å². The average molecular weight is 376 g/mol. The van der Waals surface area contributed by atoms with Crippen molar-refractivity contribution < 1.29 is 9.53 Å². The van der Waals surface area contributed by atoms with Crippen LogP contribution in [0.15, 0.2) is 54.6 Å². The fourth-order valence-electron chi connectivity index (χ4n) is 2.71. The number of para-hydroxylation sites is 2. The molecule has 1 amide bonds. The number of aromatic nitrogens is 2. The molecule has 1 aromatic heterocycles. The normalized spacial score (nSPS) is 10.6. The molecule has 3 rings (SSSR count). The van der Waals surface area contributed by atoms with Crippen LogP contribution in [0.3, 0.4) is 0 Å². The van der Waals surface area contributed by atoms with Crippen LogP contribution in [0.5, 0.6) is 5.75 Å². The topological polar surface area (TPSA) is 76.1 Å². The average Bonchev–Trinajstić information content (AvgIpc) is 2.62. The zero-order chi connectivity index (χ0) is 20.1. The van der Waals surface area contributed by atoms with E-state index in [4.69, 9.17) is 4.74 Å². The highest BCUT2D eigenvalue weighted by Gasteiger charge is 2.13. The number of benzene rings is 2. The summed E-state index contributed by atoms with van der Waals surface area (Å²) in [6.45, 7) is 7.73. The smallest absolute Gasteiger partial charge is 0.274 e. The van der Waals surface area contributed by atoms with E-state index in [2.05, 4.69) is 20.6 Å². The lowest BCUT2D eigenvalue weighted by molar-refractivity contribution is 0.102. The molecule has 28 heavy (non-hydrogen) atoms. The zero-order valence-corrected chi connectivity index (χ0v) is 16.5. The standard InChI is InChI=1S/C22H24N4O2/c1-14(2)28-20-11-6-5-10-18(20)25-22-23-16(4)13-19(26-22)21(27)24-17-9-7-8-15(3)12-17/h5-14H,1-4H3,(H,24,27)(H,23,25,26). The Labute approximate surface area is 165 Å². The monoisotopic (exact) mass is 376 g/mol. The molecule has 6 heteroatoms. The SMILES string of the molecule is Cc1cccc(NC(=O)c2cc(C)nc(Nc3ccccc3OC(C)C)n2)c1. The van der Waals surface area contributed by atoms with Gasteiger partial charge >= 0.3 is 0 Å². The number of hydrogen-bond donors (Lipinski definition) is 2. The number of carbonyl (C=O) groups excluding carboxylic acids is 1. The van der Waals surface area contributed by atoms with E-state index in [0.29, 0.717) is 23.1 Å². The van der Waals surface area contributed by atoms with Gasteiger partial charge in [-0.3, -0.25) is 4.79 Å². The van der Waals surface area contributed by atoms with Gasteiger partial charge in [-0.25, -0.2) is 9.97 Å². The van der Waals surface area contributed by atoms with Crippen LogP contribution in [0.4, 0.5) is 17.3 Å². The number of nitrogens with zero attached hydrogens (tertiary/aromatic N) is 2. The molecule has 0 spiro atoms. The van der Waals surface area contributed by atoms with Crippen LogP contribution in [0.25, 0.3) is 0 Å². The highest BCUT2D eigenvalue weighted by atomic mass is 16.5. The first-order valence-electron chi connectivity index (χ1n) is 9.17. The summed E-state index contributed by atoms with van der Waals surface area (Å²) in [5.74, 6) is 0.758. The Hall–Kier alpha value is -3.41. The van der Waals surface area contributed by atoms with Gasteiger partial charge in [0.2, 0.25) is 5.95 Å². The third kappa shape index (κ3) is 5.07. The van der Waals surface area contributed by atoms with Crippen molar-refractivity contribution in [2.24, 2.45) is 0 Å². The molecule has 6 nitrogen and oxygen atoms in total. The van der Waals surface area contributed by atoms with E-state index in [1.807, 2.05) is 76.2 Å². The van der Waals surface area contributed by atoms with Crippen molar-refractivity contribution in [3.63, 3.8) is 0 Å². The van der Waals surface area contributed by atoms with E-state index in [1.165, 1.54) is 0 Å². The van der Waals surface area contributed by atoms with E-state index < -0.39 is 0 Å². The molecule has 144 valence electrons. The summed E-state index contributed by atoms with van der Waals surface area (Å²) in [7, 11) is 0. The predicted molar refractivity (Wildman–Crippen MR) is 111 cm³/mol. The maximum atomic E-state index is 12.6. The molecule has 3 aromatic rings. The minimum absolute atomic E-state index is 0.0389. The molecule has 0 radical (unpaired) electrons. The summed E-state index contributed by atoms with van der Waals surface area (Å²) in [5.41, 5.74) is 3.52. The Morgan fingerprint density at radius 2 is 1.79 bits per heavy atom. The van der Waals surface area contributed by atoms with E-state index in [9.17, 15) is 4.79 Å². The fraction of sp³-hybridized carbons (Fsp3) is 0.227. The molecule has 0 aliphatic rings. The van der Waals surface area contributed by atoms with E-state index in [0.717, 1.165) is 16.9 Å². The lowest BCUT2D eigenvalue weighted by Gasteiger charge is -2.15. The van der Waals surface area contributed by atoms with Crippen molar-refractivity contribution in [1.29, 1.82) is 0 Å². The molecule has 0 unspecified atom stereocenters. The summed E-state index contributed by atoms with van der Waals surface area (Å²) in [6, 6.07) is 16.9. The molecule has 0 atom stereocenters. The van der Waals surface area contributed by atoms with Gasteiger partial charge in [0.15, 0.2) is 0 Å². The first-order chi connectivity index (χ1) is 13.4. The maximum Gasteiger partial charge on any atom is 0.274 e. The number of rotatable bonds is 6. The van der Waals surface area contributed by atoms with Crippen LogP contribution in [0.2, 0.25) is 0 Å². The summed E-state index contributed by atoms with van der Waals surface area (Å²) < 4.78 is 5.82. The molecule has 1 heterocycles. The Morgan fingerprint density at radius 3 is 2.54 bits per heavy atom. The molecule has 2 N–H and O–H groups in total. The zero-order valence-electron chi connectivity index (χ0n) is 16.5. The van der Waals surface area contributed by atoms with Gasteiger partial charge in [-0.05, 0) is 63.6 Å². The molecule has 0 saturated carbocycles. The van der Waals surface area contributed by atoms with Crippen LogP contribution in [0.1, 0.15) is 35.6 Å². The van der Waals surface area contributed by atoms with Gasteiger partial charge < -0.3 is 15.4 Å². The lowest BCUT2D eigenvalue weighted by atomic mass is 10.2. The number of nitrogens with one attached hydrogen (secondary N) is 2. The number of amides is 1. The van der Waals surface area contributed by atoms with Crippen molar-refractivity contribution >= 4 is 23.2 Å². The highest BCUT2D eigenvalue weighted by molar-refractivity contribution is 6.03. The van der Waals surface area contributed by atoms with Gasteiger partial charge in [0.05, 0.1) is 11.8 Å². The Morgan fingerprint density at radius 1 is 1.00 bits per heavy atom. The van der Waals surface area contributed by atoms with Crippen molar-refractivity contribution in [1.82, 2.24) is 9.97 Å². The molecule has 0 fully saturated rings. The lowest BCUT2D eigenvalue weighted by Crippen LogP contribution is -2.15. The van der Waals surface area contributed by atoms with Gasteiger partial charge in [-0.15, -0.1) is 0 Å². The molecule has 2 aromatic carbocycles. The van der Waals surface area contributed by atoms with Gasteiger partial charge in [0.25, 0.3) is 5.91 Å². The van der Waals surface area contributed by atoms with Crippen molar-refractivity contribution in [2.45, 2.75) is 33.8 Å². The van der Waals surface area contributed by atoms with E-state index >= 15 is 0 Å². The van der Waals surface area contributed by atoms with Gasteiger partial charge in [0, 0.05) is 11.4 Å². The Bertz CT molecular complexity index is 986. The first-order valence-corrected chi connectivity index (χ1v) is 9.17. The van der Waals surface area contributed by atoms with Crippen molar-refractivity contribution in [3.05, 3.63) is 71.5 Å². The second kappa shape index (κ2) is 8.52. The van der Waals surface area contributed by atoms with E-state index in [-0.39, 0.29) is 12.0 Å². The molecule has 0 aliphatic heterocycles. The first kappa shape index (κ1) is 19.4. The van der Waals surface area contributed by atoms with Crippen LogP contribution < -0.4 is 15.4 Å². The molecular weight excluding hydrogens is 352 g/mol. The third-order valence-corrected chi connectivity index (χ3v) is 3.86. The third-order valence-electron chi connectivity index (χ3n) is 3.86. The number of ether oxygens (including phenoxy) is 1. The van der Waals surface area contributed by atoms with Crippen LogP contribution in [-0.2, 0) is 0 Å². The number of aryl methyl sites for hydroxylation is 2. The number of anilines is 3. The summed E-state index contributed by atoms with van der Waals surface area (Å²) in [6.07, 6.45) is 0.0389. The quantitative estimate of drug-likeness (QED) is 0.641. The minimum Gasteiger partial charge on any atom is -0.489 e. The second-order valence-corrected chi connectivity index (χ2v) is 6.83. The van der Waals surface area contributed by atoms with Crippen LogP contribution >= 0.6 is 0 Å². The van der Waals surface area contributed by atoms with Gasteiger partial charge in [-0.1, -0.05) is 24.3 Å². The molecule has 0 bridgehead atoms. The molecular formula is C22H24N4O2. The Balaban J connectivity index is 1.83. The minimum atomic E-state index is -0.286. The van der Waals surface area contributed by atoms with Crippen molar-refractivity contribution in [3.8, 4) is 5.75 Å². The summed E-state index contributed by atoms with van der Waals surface area (Å²) in [5, 5.41) is 6.03. The number of hydrogen-bond acceptors (Lipinski definition) is 5. The van der Waals surface area contributed by atoms with Gasteiger partial charge in [-0.2, -0.15) is 0 Å². The molecule has 0 saturated heterocycles. The van der Waals surface area contributed by atoms with Crippen LogP contribution in [-0.4, -0.2) is 22.0 Å². The second-order valence-electron chi connectivity index (χ2n) is 6.83. The highest BCUT2D eigenvalue weighted by Crippen LogP contribution is 2.27. The fourth-order valence-corrected chi connectivity index (χ4v) is 2.71. The largest absolute Gasteiger partial charge is 0.489 e. The predicted octanol–water partition coefficient (Wildman–Crippen LogP) is 4.88. The maximum absolute atomic E-state index is 12.6. The summed E-state index contributed by atoms with van der Waals surface area (Å²) >= 11 is 0. The Kier molecular flexibility index (Phi) is 5.89. The molecule has 0 aliphatic carbocycles. The van der Waals surface area contributed by atoms with Crippen LogP contribution in [0, 0.1) is 13.8 Å². The van der Waals surface area contributed by atoms with Gasteiger partial charge in [0.1, 0.15) is 11.4 Å². The number of carbonyl (C=O) groups is 1.